The van der Waals surface area contributed by atoms with Crippen molar-refractivity contribution in [3.8, 4) is 11.7 Å². The van der Waals surface area contributed by atoms with Crippen molar-refractivity contribution in [2.45, 2.75) is 25.2 Å². The highest BCUT2D eigenvalue weighted by Crippen LogP contribution is 2.28. The summed E-state index contributed by atoms with van der Waals surface area (Å²) in [5, 5.41) is 4.07. The highest BCUT2D eigenvalue weighted by molar-refractivity contribution is 5.77. The fourth-order valence-corrected chi connectivity index (χ4v) is 3.61. The Morgan fingerprint density at radius 2 is 2.14 bits per heavy atom. The molecule has 28 heavy (non-hydrogen) atoms. The Labute approximate surface area is 160 Å². The number of nitrogens with one attached hydrogen (secondary N) is 1. The molecule has 1 aromatic carbocycles. The number of likely N-dealkylation sites (tertiary alicyclic amines) is 1. The lowest BCUT2D eigenvalue weighted by Crippen LogP contribution is -2.28. The number of H-pyrrole nitrogens is 1. The molecule has 8 heteroatoms. The van der Waals surface area contributed by atoms with E-state index in [-0.39, 0.29) is 11.8 Å². The number of fused-ring (bicyclic) bond motifs is 1. The van der Waals surface area contributed by atoms with E-state index in [0.29, 0.717) is 43.4 Å². The topological polar surface area (TPSA) is 101 Å². The summed E-state index contributed by atoms with van der Waals surface area (Å²) in [6.45, 7) is 1.31. The Morgan fingerprint density at radius 1 is 1.21 bits per heavy atom. The van der Waals surface area contributed by atoms with Crippen LogP contribution in [0.15, 0.2) is 51.6 Å². The number of aryl methyl sites for hydroxylation is 1. The molecule has 1 N–H and O–H groups in total. The second kappa shape index (κ2) is 6.95. The zero-order valence-electron chi connectivity index (χ0n) is 15.2. The Morgan fingerprint density at radius 3 is 3.00 bits per heavy atom. The van der Waals surface area contributed by atoms with Gasteiger partial charge in [0.2, 0.25) is 5.91 Å². The first-order valence-corrected chi connectivity index (χ1v) is 9.35. The normalized spacial score (nSPS) is 16.9. The fraction of sp³-hybridized carbons (Fsp3) is 0.300. The van der Waals surface area contributed by atoms with Gasteiger partial charge in [-0.25, -0.2) is 4.98 Å². The first-order chi connectivity index (χ1) is 13.8. The highest BCUT2D eigenvalue weighted by atomic mass is 16.5. The minimum atomic E-state index is 0.0858. The molecule has 0 radical (unpaired) electrons. The van der Waals surface area contributed by atoms with E-state index in [1.165, 1.54) is 0 Å². The molecule has 0 saturated carbocycles. The summed E-state index contributed by atoms with van der Waals surface area (Å²) in [4.78, 5) is 26.7. The molecule has 4 heterocycles. The molecular formula is C20H19N5O3. The standard InChI is InChI=1S/C20H19N5O3/c26-18(8-7-17-21-14-4-1-2-5-15(14)22-17)25-10-9-13(12-25)19-23-20(28-24-19)16-6-3-11-27-16/h1-6,11,13H,7-10,12H2,(H,21,22). The summed E-state index contributed by atoms with van der Waals surface area (Å²) >= 11 is 0. The average molecular weight is 377 g/mol. The number of carbonyl (C=O) groups is 1. The van der Waals surface area contributed by atoms with Crippen LogP contribution in [0.4, 0.5) is 0 Å². The van der Waals surface area contributed by atoms with Crippen molar-refractivity contribution in [3.63, 3.8) is 0 Å². The van der Waals surface area contributed by atoms with Crippen molar-refractivity contribution < 1.29 is 13.7 Å². The maximum Gasteiger partial charge on any atom is 0.293 e. The lowest BCUT2D eigenvalue weighted by atomic mass is 10.1. The SMILES string of the molecule is O=C(CCc1nc2ccccc2[nH]1)N1CCC(c2noc(-c3ccco3)n2)C1. The number of hydrogen-bond donors (Lipinski definition) is 1. The van der Waals surface area contributed by atoms with Gasteiger partial charge in [0, 0.05) is 31.8 Å². The van der Waals surface area contributed by atoms with Gasteiger partial charge in [0.25, 0.3) is 5.89 Å². The van der Waals surface area contributed by atoms with E-state index < -0.39 is 0 Å². The molecule has 1 aliphatic rings. The lowest BCUT2D eigenvalue weighted by molar-refractivity contribution is -0.130. The molecule has 4 aromatic rings. The number of benzene rings is 1. The lowest BCUT2D eigenvalue weighted by Gasteiger charge is -2.15. The molecule has 8 nitrogen and oxygen atoms in total. The van der Waals surface area contributed by atoms with Gasteiger partial charge in [-0.1, -0.05) is 17.3 Å². The number of amides is 1. The van der Waals surface area contributed by atoms with Crippen LogP contribution in [-0.4, -0.2) is 44.0 Å². The van der Waals surface area contributed by atoms with Gasteiger partial charge in [-0.3, -0.25) is 4.79 Å². The molecule has 5 rings (SSSR count). The van der Waals surface area contributed by atoms with Crippen LogP contribution in [0.1, 0.15) is 30.4 Å². The molecule has 142 valence electrons. The van der Waals surface area contributed by atoms with Gasteiger partial charge in [0.05, 0.1) is 17.3 Å². The zero-order chi connectivity index (χ0) is 18.9. The van der Waals surface area contributed by atoms with Crippen LogP contribution in [0.2, 0.25) is 0 Å². The van der Waals surface area contributed by atoms with E-state index in [9.17, 15) is 4.79 Å². The third-order valence-electron chi connectivity index (χ3n) is 5.09. The number of aromatic amines is 1. The van der Waals surface area contributed by atoms with E-state index >= 15 is 0 Å². The minimum absolute atomic E-state index is 0.0858. The molecule has 1 unspecified atom stereocenters. The Kier molecular flexibility index (Phi) is 4.16. The number of rotatable bonds is 5. The van der Waals surface area contributed by atoms with Crippen LogP contribution in [0.5, 0.6) is 0 Å². The van der Waals surface area contributed by atoms with Gasteiger partial charge in [0.1, 0.15) is 5.82 Å². The van der Waals surface area contributed by atoms with E-state index in [1.807, 2.05) is 29.2 Å². The predicted octanol–water partition coefficient (Wildman–Crippen LogP) is 3.15. The average Bonchev–Trinajstić information content (AvgIpc) is 3.50. The zero-order valence-corrected chi connectivity index (χ0v) is 15.2. The maximum absolute atomic E-state index is 12.6. The quantitative estimate of drug-likeness (QED) is 0.573. The molecule has 3 aromatic heterocycles. The summed E-state index contributed by atoms with van der Waals surface area (Å²) in [5.74, 6) is 2.59. The molecule has 1 saturated heterocycles. The molecule has 1 aliphatic heterocycles. The molecule has 1 atom stereocenters. The van der Waals surface area contributed by atoms with Crippen LogP contribution >= 0.6 is 0 Å². The number of imidazole rings is 1. The number of aromatic nitrogens is 4. The predicted molar refractivity (Wildman–Crippen MR) is 100 cm³/mol. The Hall–Kier alpha value is -3.42. The highest BCUT2D eigenvalue weighted by Gasteiger charge is 2.30. The number of para-hydroxylation sites is 2. The molecular weight excluding hydrogens is 358 g/mol. The Bertz CT molecular complexity index is 1070. The summed E-state index contributed by atoms with van der Waals surface area (Å²) < 4.78 is 10.6. The third kappa shape index (κ3) is 3.17. The largest absolute Gasteiger partial charge is 0.459 e. The monoisotopic (exact) mass is 377 g/mol. The molecule has 1 amide bonds. The van der Waals surface area contributed by atoms with Gasteiger partial charge >= 0.3 is 0 Å². The summed E-state index contributed by atoms with van der Waals surface area (Å²) in [6, 6.07) is 11.4. The van der Waals surface area contributed by atoms with E-state index in [2.05, 4.69) is 20.1 Å². The molecule has 0 bridgehead atoms. The number of nitrogens with zero attached hydrogens (tertiary/aromatic N) is 4. The van der Waals surface area contributed by atoms with Crippen molar-refractivity contribution in [3.05, 3.63) is 54.3 Å². The van der Waals surface area contributed by atoms with Gasteiger partial charge in [0.15, 0.2) is 11.6 Å². The third-order valence-corrected chi connectivity index (χ3v) is 5.09. The van der Waals surface area contributed by atoms with Crippen LogP contribution in [0.25, 0.3) is 22.7 Å². The first kappa shape index (κ1) is 16.7. The van der Waals surface area contributed by atoms with Crippen LogP contribution in [-0.2, 0) is 11.2 Å². The number of carbonyl (C=O) groups excluding carboxylic acids is 1. The van der Waals surface area contributed by atoms with Crippen LogP contribution in [0, 0.1) is 0 Å². The maximum atomic E-state index is 12.6. The first-order valence-electron chi connectivity index (χ1n) is 9.35. The van der Waals surface area contributed by atoms with Crippen molar-refractivity contribution >= 4 is 16.9 Å². The van der Waals surface area contributed by atoms with Gasteiger partial charge in [-0.15, -0.1) is 0 Å². The second-order valence-corrected chi connectivity index (χ2v) is 6.96. The summed E-state index contributed by atoms with van der Waals surface area (Å²) in [6.07, 6.45) is 3.42. The van der Waals surface area contributed by atoms with Crippen molar-refractivity contribution in [2.24, 2.45) is 0 Å². The van der Waals surface area contributed by atoms with Gasteiger partial charge in [-0.2, -0.15) is 4.98 Å². The van der Waals surface area contributed by atoms with Crippen molar-refractivity contribution in [1.82, 2.24) is 25.0 Å². The smallest absolute Gasteiger partial charge is 0.293 e. The molecule has 1 fully saturated rings. The van der Waals surface area contributed by atoms with Crippen LogP contribution in [0.3, 0.4) is 0 Å². The summed E-state index contributed by atoms with van der Waals surface area (Å²) in [5.41, 5.74) is 1.92. The number of hydrogen-bond acceptors (Lipinski definition) is 6. The minimum Gasteiger partial charge on any atom is -0.459 e. The fourth-order valence-electron chi connectivity index (χ4n) is 3.61. The van der Waals surface area contributed by atoms with Crippen molar-refractivity contribution in [2.75, 3.05) is 13.1 Å². The molecule has 0 spiro atoms. The second-order valence-electron chi connectivity index (χ2n) is 6.96. The van der Waals surface area contributed by atoms with Crippen LogP contribution < -0.4 is 0 Å². The van der Waals surface area contributed by atoms with E-state index in [1.54, 1.807) is 18.4 Å². The number of furan rings is 1. The van der Waals surface area contributed by atoms with Gasteiger partial charge in [-0.05, 0) is 30.7 Å². The molecule has 0 aliphatic carbocycles. The van der Waals surface area contributed by atoms with E-state index in [4.69, 9.17) is 8.94 Å². The van der Waals surface area contributed by atoms with Crippen molar-refractivity contribution in [1.29, 1.82) is 0 Å². The van der Waals surface area contributed by atoms with Gasteiger partial charge < -0.3 is 18.8 Å². The summed E-state index contributed by atoms with van der Waals surface area (Å²) in [7, 11) is 0. The Balaban J connectivity index is 1.19. The van der Waals surface area contributed by atoms with E-state index in [0.717, 1.165) is 23.3 Å².